The number of carbonyl (C=O) groups excluding carboxylic acids is 1. The predicted molar refractivity (Wildman–Crippen MR) is 62.2 cm³/mol. The van der Waals surface area contributed by atoms with E-state index in [9.17, 15) is 4.79 Å². The highest BCUT2D eigenvalue weighted by molar-refractivity contribution is 5.83. The van der Waals surface area contributed by atoms with Crippen molar-refractivity contribution in [3.63, 3.8) is 0 Å². The summed E-state index contributed by atoms with van der Waals surface area (Å²) in [7, 11) is 0. The number of rotatable bonds is 4. The van der Waals surface area contributed by atoms with Crippen LogP contribution in [0.3, 0.4) is 0 Å². The van der Waals surface area contributed by atoms with E-state index in [2.05, 4.69) is 11.9 Å². The smallest absolute Gasteiger partial charge is 0.223 e. The third-order valence-electron chi connectivity index (χ3n) is 2.87. The van der Waals surface area contributed by atoms with E-state index in [0.717, 1.165) is 12.0 Å². The molecule has 0 heterocycles. The number of phenols is 1. The molecule has 1 amide bonds. The SMILES string of the molecule is C=CCNC(=O)C1CC1c1ccc(O)cc1. The van der Waals surface area contributed by atoms with Gasteiger partial charge in [0.1, 0.15) is 5.75 Å². The topological polar surface area (TPSA) is 49.3 Å². The van der Waals surface area contributed by atoms with E-state index in [0.29, 0.717) is 12.5 Å². The first-order valence-corrected chi connectivity index (χ1v) is 5.40. The Kier molecular flexibility index (Phi) is 2.95. The van der Waals surface area contributed by atoms with Crippen LogP contribution in [0, 0.1) is 5.92 Å². The van der Waals surface area contributed by atoms with Crippen molar-refractivity contribution in [3.05, 3.63) is 42.5 Å². The van der Waals surface area contributed by atoms with E-state index in [1.165, 1.54) is 0 Å². The highest BCUT2D eigenvalue weighted by atomic mass is 16.3. The fraction of sp³-hybridized carbons (Fsp3) is 0.308. The summed E-state index contributed by atoms with van der Waals surface area (Å²) in [6.07, 6.45) is 2.57. The molecule has 0 aliphatic heterocycles. The number of hydrogen-bond donors (Lipinski definition) is 2. The Bertz CT molecular complexity index is 397. The van der Waals surface area contributed by atoms with Crippen LogP contribution in [0.15, 0.2) is 36.9 Å². The van der Waals surface area contributed by atoms with Gasteiger partial charge in [-0.3, -0.25) is 4.79 Å². The summed E-state index contributed by atoms with van der Waals surface area (Å²) in [5, 5.41) is 12.0. The molecular weight excluding hydrogens is 202 g/mol. The molecule has 2 N–H and O–H groups in total. The maximum absolute atomic E-state index is 11.6. The molecule has 2 rings (SSSR count). The first-order valence-electron chi connectivity index (χ1n) is 5.40. The van der Waals surface area contributed by atoms with Gasteiger partial charge in [0.05, 0.1) is 0 Å². The Hall–Kier alpha value is -1.77. The fourth-order valence-electron chi connectivity index (χ4n) is 1.88. The van der Waals surface area contributed by atoms with Gasteiger partial charge in [0.2, 0.25) is 5.91 Å². The Morgan fingerprint density at radius 3 is 2.81 bits per heavy atom. The molecule has 2 atom stereocenters. The lowest BCUT2D eigenvalue weighted by molar-refractivity contribution is -0.122. The number of phenolic OH excluding ortho intramolecular Hbond substituents is 1. The zero-order valence-corrected chi connectivity index (χ0v) is 9.02. The molecule has 3 nitrogen and oxygen atoms in total. The first kappa shape index (κ1) is 10.7. The molecule has 16 heavy (non-hydrogen) atoms. The number of benzene rings is 1. The third kappa shape index (κ3) is 2.24. The van der Waals surface area contributed by atoms with Gasteiger partial charge in [-0.15, -0.1) is 6.58 Å². The number of carbonyl (C=O) groups is 1. The summed E-state index contributed by atoms with van der Waals surface area (Å²) in [5.41, 5.74) is 1.12. The zero-order valence-electron chi connectivity index (χ0n) is 9.02. The van der Waals surface area contributed by atoms with Gasteiger partial charge in [-0.1, -0.05) is 18.2 Å². The maximum atomic E-state index is 11.6. The van der Waals surface area contributed by atoms with Gasteiger partial charge in [0.25, 0.3) is 0 Å². The normalized spacial score (nSPS) is 22.5. The molecule has 1 aromatic carbocycles. The van der Waals surface area contributed by atoms with E-state index in [4.69, 9.17) is 5.11 Å². The fourth-order valence-corrected chi connectivity index (χ4v) is 1.88. The van der Waals surface area contributed by atoms with E-state index >= 15 is 0 Å². The van der Waals surface area contributed by atoms with Gasteiger partial charge in [0, 0.05) is 12.5 Å². The summed E-state index contributed by atoms with van der Waals surface area (Å²) in [6, 6.07) is 7.07. The number of aromatic hydroxyl groups is 1. The van der Waals surface area contributed by atoms with Crippen molar-refractivity contribution in [2.24, 2.45) is 5.92 Å². The number of nitrogens with one attached hydrogen (secondary N) is 1. The van der Waals surface area contributed by atoms with E-state index in [1.54, 1.807) is 18.2 Å². The van der Waals surface area contributed by atoms with Crippen molar-refractivity contribution in [2.45, 2.75) is 12.3 Å². The molecule has 2 unspecified atom stereocenters. The van der Waals surface area contributed by atoms with Crippen LogP contribution < -0.4 is 5.32 Å². The Morgan fingerprint density at radius 2 is 2.19 bits per heavy atom. The quantitative estimate of drug-likeness (QED) is 0.755. The van der Waals surface area contributed by atoms with Gasteiger partial charge in [-0.05, 0) is 30.0 Å². The van der Waals surface area contributed by atoms with Crippen molar-refractivity contribution >= 4 is 5.91 Å². The van der Waals surface area contributed by atoms with Crippen molar-refractivity contribution in [3.8, 4) is 5.75 Å². The second-order valence-corrected chi connectivity index (χ2v) is 4.07. The molecule has 0 aromatic heterocycles. The van der Waals surface area contributed by atoms with Crippen molar-refractivity contribution in [1.29, 1.82) is 0 Å². The van der Waals surface area contributed by atoms with Crippen LogP contribution in [0.25, 0.3) is 0 Å². The number of amides is 1. The monoisotopic (exact) mass is 217 g/mol. The van der Waals surface area contributed by atoms with Gasteiger partial charge in [0.15, 0.2) is 0 Å². The molecule has 0 spiro atoms. The lowest BCUT2D eigenvalue weighted by atomic mass is 10.1. The largest absolute Gasteiger partial charge is 0.508 e. The standard InChI is InChI=1S/C13H15NO2/c1-2-7-14-13(16)12-8-11(12)9-3-5-10(15)6-4-9/h2-6,11-12,15H,1,7-8H2,(H,14,16). The van der Waals surface area contributed by atoms with Gasteiger partial charge < -0.3 is 10.4 Å². The van der Waals surface area contributed by atoms with Gasteiger partial charge >= 0.3 is 0 Å². The first-order chi connectivity index (χ1) is 7.72. The minimum absolute atomic E-state index is 0.0875. The molecule has 1 aliphatic carbocycles. The van der Waals surface area contributed by atoms with Crippen LogP contribution in [0.2, 0.25) is 0 Å². The van der Waals surface area contributed by atoms with Crippen LogP contribution in [-0.2, 0) is 4.79 Å². The Labute approximate surface area is 94.8 Å². The van der Waals surface area contributed by atoms with Crippen LogP contribution in [0.4, 0.5) is 0 Å². The highest BCUT2D eigenvalue weighted by Crippen LogP contribution is 2.47. The van der Waals surface area contributed by atoms with Crippen LogP contribution in [0.5, 0.6) is 5.75 Å². The molecule has 3 heteroatoms. The Balaban J connectivity index is 1.93. The van der Waals surface area contributed by atoms with E-state index in [-0.39, 0.29) is 17.6 Å². The van der Waals surface area contributed by atoms with Crippen LogP contribution in [0.1, 0.15) is 17.9 Å². The second kappa shape index (κ2) is 4.39. The van der Waals surface area contributed by atoms with Crippen molar-refractivity contribution in [2.75, 3.05) is 6.54 Å². The summed E-state index contributed by atoms with van der Waals surface area (Å²) in [6.45, 7) is 4.08. The molecule has 0 bridgehead atoms. The van der Waals surface area contributed by atoms with Crippen molar-refractivity contribution < 1.29 is 9.90 Å². The minimum Gasteiger partial charge on any atom is -0.508 e. The summed E-state index contributed by atoms with van der Waals surface area (Å²) < 4.78 is 0. The summed E-state index contributed by atoms with van der Waals surface area (Å²) in [5.74, 6) is 0.755. The summed E-state index contributed by atoms with van der Waals surface area (Å²) >= 11 is 0. The average Bonchev–Trinajstić information content (AvgIpc) is 3.07. The minimum atomic E-state index is 0.0875. The van der Waals surface area contributed by atoms with E-state index in [1.807, 2.05) is 12.1 Å². The molecule has 0 radical (unpaired) electrons. The molecule has 1 fully saturated rings. The lowest BCUT2D eigenvalue weighted by Crippen LogP contribution is -2.25. The summed E-state index contributed by atoms with van der Waals surface area (Å²) in [4.78, 5) is 11.6. The van der Waals surface area contributed by atoms with Crippen LogP contribution >= 0.6 is 0 Å². The molecule has 84 valence electrons. The predicted octanol–water partition coefficient (Wildman–Crippen LogP) is 1.80. The average molecular weight is 217 g/mol. The third-order valence-corrected chi connectivity index (χ3v) is 2.87. The highest BCUT2D eigenvalue weighted by Gasteiger charge is 2.43. The Morgan fingerprint density at radius 1 is 1.50 bits per heavy atom. The second-order valence-electron chi connectivity index (χ2n) is 4.07. The number of hydrogen-bond acceptors (Lipinski definition) is 2. The molecular formula is C13H15NO2. The van der Waals surface area contributed by atoms with Gasteiger partial charge in [-0.25, -0.2) is 0 Å². The zero-order chi connectivity index (χ0) is 11.5. The molecule has 0 saturated heterocycles. The van der Waals surface area contributed by atoms with Crippen LogP contribution in [-0.4, -0.2) is 17.6 Å². The molecule has 1 saturated carbocycles. The molecule has 1 aliphatic rings. The van der Waals surface area contributed by atoms with E-state index < -0.39 is 0 Å². The lowest BCUT2D eigenvalue weighted by Gasteiger charge is -2.02. The maximum Gasteiger partial charge on any atom is 0.223 e. The molecule has 1 aromatic rings. The van der Waals surface area contributed by atoms with Crippen molar-refractivity contribution in [1.82, 2.24) is 5.32 Å². The van der Waals surface area contributed by atoms with Gasteiger partial charge in [-0.2, -0.15) is 0 Å².